The second-order valence-corrected chi connectivity index (χ2v) is 11.0. The van der Waals surface area contributed by atoms with Crippen LogP contribution in [0.5, 0.6) is 5.75 Å². The first-order valence-corrected chi connectivity index (χ1v) is 13.0. The summed E-state index contributed by atoms with van der Waals surface area (Å²) < 4.78 is 6.20. The van der Waals surface area contributed by atoms with Crippen LogP contribution in [0.4, 0.5) is 0 Å². The highest BCUT2D eigenvalue weighted by atomic mass is 16.5. The van der Waals surface area contributed by atoms with E-state index in [1.807, 2.05) is 24.3 Å². The molecule has 1 unspecified atom stereocenters. The molecular formula is C32H39NO4. The first-order valence-electron chi connectivity index (χ1n) is 13.0. The Morgan fingerprint density at radius 2 is 1.43 bits per heavy atom. The van der Waals surface area contributed by atoms with Crippen molar-refractivity contribution in [3.05, 3.63) is 89.5 Å². The van der Waals surface area contributed by atoms with E-state index in [1.165, 1.54) is 11.1 Å². The van der Waals surface area contributed by atoms with Gasteiger partial charge in [-0.25, -0.2) is 0 Å². The maximum absolute atomic E-state index is 12.3. The third-order valence-corrected chi connectivity index (χ3v) is 6.41. The van der Waals surface area contributed by atoms with Gasteiger partial charge in [-0.05, 0) is 64.3 Å². The van der Waals surface area contributed by atoms with Crippen molar-refractivity contribution in [1.82, 2.24) is 5.32 Å². The van der Waals surface area contributed by atoms with E-state index in [0.717, 1.165) is 23.3 Å². The normalized spacial score (nSPS) is 12.3. The van der Waals surface area contributed by atoms with Gasteiger partial charge in [0.2, 0.25) is 0 Å². The lowest BCUT2D eigenvalue weighted by molar-refractivity contribution is -0.136. The largest absolute Gasteiger partial charge is 0.493 e. The highest BCUT2D eigenvalue weighted by Crippen LogP contribution is 2.29. The van der Waals surface area contributed by atoms with Crippen molar-refractivity contribution >= 4 is 11.9 Å². The average molecular weight is 502 g/mol. The molecule has 5 heteroatoms. The van der Waals surface area contributed by atoms with Gasteiger partial charge < -0.3 is 15.2 Å². The maximum atomic E-state index is 12.3. The lowest BCUT2D eigenvalue weighted by atomic mass is 9.86. The van der Waals surface area contributed by atoms with Gasteiger partial charge in [-0.3, -0.25) is 9.59 Å². The number of carboxylic acid groups (broad SMARTS) is 1. The third-order valence-electron chi connectivity index (χ3n) is 6.41. The molecule has 0 aliphatic carbocycles. The summed E-state index contributed by atoms with van der Waals surface area (Å²) in [4.78, 5) is 22.9. The fraction of sp³-hybridized carbons (Fsp3) is 0.375. The monoisotopic (exact) mass is 501 g/mol. The Morgan fingerprint density at radius 1 is 0.865 bits per heavy atom. The molecule has 2 N–H and O–H groups in total. The number of hydrogen-bond acceptors (Lipinski definition) is 3. The van der Waals surface area contributed by atoms with Crippen LogP contribution in [-0.4, -0.2) is 30.1 Å². The third kappa shape index (κ3) is 8.49. The Bertz CT molecular complexity index is 1160. The molecule has 0 bridgehead atoms. The van der Waals surface area contributed by atoms with Gasteiger partial charge in [0.05, 0.1) is 13.0 Å². The van der Waals surface area contributed by atoms with Gasteiger partial charge in [0.1, 0.15) is 5.75 Å². The predicted octanol–water partition coefficient (Wildman–Crippen LogP) is 7.06. The number of aliphatic carboxylic acids is 1. The molecular weight excluding hydrogens is 462 g/mol. The zero-order valence-corrected chi connectivity index (χ0v) is 22.6. The minimum atomic E-state index is -0.934. The Morgan fingerprint density at radius 3 is 1.95 bits per heavy atom. The van der Waals surface area contributed by atoms with Gasteiger partial charge in [-0.15, -0.1) is 0 Å². The molecule has 0 saturated carbocycles. The fourth-order valence-corrected chi connectivity index (χ4v) is 4.26. The minimum Gasteiger partial charge on any atom is -0.493 e. The van der Waals surface area contributed by atoms with Crippen molar-refractivity contribution in [3.8, 4) is 16.9 Å². The van der Waals surface area contributed by atoms with E-state index < -0.39 is 5.97 Å². The van der Waals surface area contributed by atoms with E-state index in [4.69, 9.17) is 9.84 Å². The first kappa shape index (κ1) is 28.0. The number of amides is 1. The van der Waals surface area contributed by atoms with E-state index in [2.05, 4.69) is 76.3 Å². The van der Waals surface area contributed by atoms with E-state index >= 15 is 0 Å². The van der Waals surface area contributed by atoms with Crippen molar-refractivity contribution in [2.24, 2.45) is 5.92 Å². The molecule has 196 valence electrons. The molecule has 0 radical (unpaired) electrons. The number of ether oxygens (including phenoxy) is 1. The topological polar surface area (TPSA) is 75.6 Å². The quantitative estimate of drug-likeness (QED) is 0.295. The summed E-state index contributed by atoms with van der Waals surface area (Å²) in [6, 6.07) is 24.5. The van der Waals surface area contributed by atoms with E-state index in [9.17, 15) is 9.59 Å². The zero-order chi connectivity index (χ0) is 27.0. The molecule has 0 aromatic heterocycles. The second kappa shape index (κ2) is 12.6. The molecule has 0 aliphatic rings. The smallest absolute Gasteiger partial charge is 0.305 e. The van der Waals surface area contributed by atoms with Crippen molar-refractivity contribution in [2.75, 3.05) is 13.2 Å². The van der Waals surface area contributed by atoms with Gasteiger partial charge in [-0.2, -0.15) is 0 Å². The van der Waals surface area contributed by atoms with Crippen molar-refractivity contribution in [1.29, 1.82) is 0 Å². The molecule has 5 nitrogen and oxygen atoms in total. The van der Waals surface area contributed by atoms with Gasteiger partial charge in [0, 0.05) is 18.0 Å². The van der Waals surface area contributed by atoms with Gasteiger partial charge in [0.15, 0.2) is 0 Å². The standard InChI is InChI=1S/C32H39NO4/c1-22(2)20-27(25-6-8-26(9-7-25)31(36)33-19-18-30(34)35)21-37-29-16-12-24(13-17-29)23-10-14-28(15-11-23)32(3,4)5/h6-17,22,27H,18-21H2,1-5H3,(H,33,36)(H,34,35). The van der Waals surface area contributed by atoms with E-state index in [1.54, 1.807) is 12.1 Å². The molecule has 0 saturated heterocycles. The summed E-state index contributed by atoms with van der Waals surface area (Å²) >= 11 is 0. The molecule has 0 heterocycles. The summed E-state index contributed by atoms with van der Waals surface area (Å²) in [5.74, 6) is 0.312. The number of hydrogen-bond donors (Lipinski definition) is 2. The van der Waals surface area contributed by atoms with Crippen LogP contribution in [0.1, 0.15) is 74.9 Å². The van der Waals surface area contributed by atoms with Crippen LogP contribution in [0.25, 0.3) is 11.1 Å². The van der Waals surface area contributed by atoms with Crippen LogP contribution in [0, 0.1) is 5.92 Å². The zero-order valence-electron chi connectivity index (χ0n) is 22.6. The Balaban J connectivity index is 1.63. The van der Waals surface area contributed by atoms with E-state index in [0.29, 0.717) is 18.1 Å². The molecule has 3 aromatic rings. The summed E-state index contributed by atoms with van der Waals surface area (Å²) in [5, 5.41) is 11.4. The molecule has 3 aromatic carbocycles. The molecule has 0 aliphatic heterocycles. The summed E-state index contributed by atoms with van der Waals surface area (Å²) in [7, 11) is 0. The number of benzene rings is 3. The summed E-state index contributed by atoms with van der Waals surface area (Å²) in [6.45, 7) is 11.7. The molecule has 3 rings (SSSR count). The highest BCUT2D eigenvalue weighted by molar-refractivity contribution is 5.94. The van der Waals surface area contributed by atoms with Gasteiger partial charge in [0.25, 0.3) is 5.91 Å². The van der Waals surface area contributed by atoms with Crippen LogP contribution in [0.2, 0.25) is 0 Å². The van der Waals surface area contributed by atoms with Crippen LogP contribution < -0.4 is 10.1 Å². The molecule has 0 fully saturated rings. The van der Waals surface area contributed by atoms with Crippen LogP contribution >= 0.6 is 0 Å². The lowest BCUT2D eigenvalue weighted by Crippen LogP contribution is -2.26. The first-order chi connectivity index (χ1) is 17.5. The van der Waals surface area contributed by atoms with Gasteiger partial charge in [-0.1, -0.05) is 83.1 Å². The maximum Gasteiger partial charge on any atom is 0.305 e. The Labute approximate surface area is 220 Å². The van der Waals surface area contributed by atoms with Crippen LogP contribution in [0.3, 0.4) is 0 Å². The SMILES string of the molecule is CC(C)CC(COc1ccc(-c2ccc(C(C)(C)C)cc2)cc1)c1ccc(C(=O)NCCC(=O)O)cc1. The highest BCUT2D eigenvalue weighted by Gasteiger charge is 2.16. The lowest BCUT2D eigenvalue weighted by Gasteiger charge is -2.21. The van der Waals surface area contributed by atoms with Crippen LogP contribution in [0.15, 0.2) is 72.8 Å². The molecule has 1 atom stereocenters. The van der Waals surface area contributed by atoms with E-state index in [-0.39, 0.29) is 30.2 Å². The number of carbonyl (C=O) groups excluding carboxylic acids is 1. The Kier molecular flexibility index (Phi) is 9.51. The van der Waals surface area contributed by atoms with Gasteiger partial charge >= 0.3 is 5.97 Å². The van der Waals surface area contributed by atoms with Crippen molar-refractivity contribution < 1.29 is 19.4 Å². The van der Waals surface area contributed by atoms with Crippen LogP contribution in [-0.2, 0) is 10.2 Å². The summed E-state index contributed by atoms with van der Waals surface area (Å²) in [5.41, 5.74) is 5.43. The minimum absolute atomic E-state index is 0.0952. The van der Waals surface area contributed by atoms with Crippen molar-refractivity contribution in [3.63, 3.8) is 0 Å². The molecule has 0 spiro atoms. The number of rotatable bonds is 11. The molecule has 37 heavy (non-hydrogen) atoms. The summed E-state index contributed by atoms with van der Waals surface area (Å²) in [6.07, 6.45) is 0.866. The number of carbonyl (C=O) groups is 2. The number of nitrogens with one attached hydrogen (secondary N) is 1. The predicted molar refractivity (Wildman–Crippen MR) is 149 cm³/mol. The fourth-order valence-electron chi connectivity index (χ4n) is 4.26. The average Bonchev–Trinajstić information content (AvgIpc) is 2.86. The molecule has 1 amide bonds. The van der Waals surface area contributed by atoms with Crippen molar-refractivity contribution in [2.45, 2.75) is 58.8 Å². The second-order valence-electron chi connectivity index (χ2n) is 11.0. The Hall–Kier alpha value is -3.60. The number of carboxylic acids is 1.